The van der Waals surface area contributed by atoms with E-state index in [2.05, 4.69) is 15.4 Å². The second-order valence-corrected chi connectivity index (χ2v) is 6.36. The minimum atomic E-state index is -0.263. The fourth-order valence-corrected chi connectivity index (χ4v) is 3.51. The fraction of sp³-hybridized carbons (Fsp3) is 0.111. The van der Waals surface area contributed by atoms with Crippen LogP contribution < -0.4 is 10.1 Å². The first kappa shape index (κ1) is 16.0. The lowest BCUT2D eigenvalue weighted by atomic mass is 10.0. The molecule has 0 radical (unpaired) electrons. The summed E-state index contributed by atoms with van der Waals surface area (Å²) in [4.78, 5) is 4.29. The van der Waals surface area contributed by atoms with Crippen LogP contribution in [0.5, 0.6) is 5.75 Å². The number of benzene rings is 2. The van der Waals surface area contributed by atoms with E-state index in [4.69, 9.17) is 27.9 Å². The Hall–Kier alpha value is -2.50. The van der Waals surface area contributed by atoms with E-state index in [0.29, 0.717) is 16.0 Å². The van der Waals surface area contributed by atoms with Gasteiger partial charge in [0.05, 0.1) is 7.11 Å². The monoisotopic (exact) mass is 372 g/mol. The highest BCUT2D eigenvalue weighted by atomic mass is 35.5. The maximum absolute atomic E-state index is 6.42. The Bertz CT molecular complexity index is 947. The van der Waals surface area contributed by atoms with E-state index in [1.807, 2.05) is 48.5 Å². The van der Waals surface area contributed by atoms with Crippen LogP contribution in [0, 0.1) is 0 Å². The molecule has 7 heteroatoms. The minimum absolute atomic E-state index is 0.263. The van der Waals surface area contributed by atoms with Gasteiger partial charge >= 0.3 is 0 Å². The van der Waals surface area contributed by atoms with Crippen molar-refractivity contribution in [3.8, 4) is 5.75 Å². The average molecular weight is 373 g/mol. The third kappa shape index (κ3) is 2.86. The molecule has 1 aliphatic rings. The molecule has 0 fully saturated rings. The zero-order valence-electron chi connectivity index (χ0n) is 13.3. The van der Waals surface area contributed by atoms with Crippen molar-refractivity contribution in [3.63, 3.8) is 0 Å². The second-order valence-electron chi connectivity index (χ2n) is 5.55. The molecule has 0 aliphatic carbocycles. The molecule has 2 aromatic carbocycles. The zero-order chi connectivity index (χ0) is 17.4. The molecule has 0 amide bonds. The number of nitrogens with zero attached hydrogens (tertiary/aromatic N) is 3. The second kappa shape index (κ2) is 6.43. The quantitative estimate of drug-likeness (QED) is 0.726. The number of aromatic nitrogens is 3. The van der Waals surface area contributed by atoms with Crippen LogP contribution in [0.25, 0.3) is 5.70 Å². The van der Waals surface area contributed by atoms with E-state index >= 15 is 0 Å². The van der Waals surface area contributed by atoms with E-state index in [1.54, 1.807) is 11.8 Å². The van der Waals surface area contributed by atoms with E-state index < -0.39 is 0 Å². The van der Waals surface area contributed by atoms with Crippen LogP contribution in [-0.4, -0.2) is 21.9 Å². The molecule has 0 unspecified atom stereocenters. The molecule has 3 aromatic rings. The molecule has 1 N–H and O–H groups in total. The summed E-state index contributed by atoms with van der Waals surface area (Å²) in [5, 5.41) is 8.78. The smallest absolute Gasteiger partial charge is 0.226 e. The Morgan fingerprint density at radius 2 is 1.88 bits per heavy atom. The van der Waals surface area contributed by atoms with Crippen molar-refractivity contribution in [1.82, 2.24) is 14.8 Å². The van der Waals surface area contributed by atoms with E-state index in [9.17, 15) is 0 Å². The van der Waals surface area contributed by atoms with Crippen LogP contribution in [0.3, 0.4) is 0 Å². The average Bonchev–Trinajstić information content (AvgIpc) is 3.10. The number of hydrogen-bond donors (Lipinski definition) is 1. The molecule has 1 aliphatic heterocycles. The molecular formula is C18H14Cl2N4O. The molecule has 2 heterocycles. The lowest BCUT2D eigenvalue weighted by Crippen LogP contribution is -2.20. The first-order chi connectivity index (χ1) is 12.2. The van der Waals surface area contributed by atoms with Crippen molar-refractivity contribution in [2.45, 2.75) is 6.04 Å². The highest BCUT2D eigenvalue weighted by Crippen LogP contribution is 2.38. The van der Waals surface area contributed by atoms with Gasteiger partial charge in [0.25, 0.3) is 0 Å². The molecule has 1 atom stereocenters. The molecule has 1 aromatic heterocycles. The van der Waals surface area contributed by atoms with E-state index in [-0.39, 0.29) is 6.04 Å². The number of ether oxygens (including phenoxy) is 1. The van der Waals surface area contributed by atoms with Gasteiger partial charge in [-0.1, -0.05) is 41.4 Å². The third-order valence-corrected chi connectivity index (χ3v) is 4.74. The molecule has 0 spiro atoms. The van der Waals surface area contributed by atoms with Gasteiger partial charge in [0.15, 0.2) is 0 Å². The first-order valence-electron chi connectivity index (χ1n) is 7.64. The van der Waals surface area contributed by atoms with Crippen LogP contribution in [0.2, 0.25) is 10.0 Å². The molecule has 25 heavy (non-hydrogen) atoms. The molecule has 0 saturated heterocycles. The van der Waals surface area contributed by atoms with Gasteiger partial charge in [-0.15, -0.1) is 0 Å². The Morgan fingerprint density at radius 1 is 1.12 bits per heavy atom. The number of allylic oxidation sites excluding steroid dienone is 1. The Morgan fingerprint density at radius 3 is 2.64 bits per heavy atom. The lowest BCUT2D eigenvalue weighted by Gasteiger charge is -2.25. The summed E-state index contributed by atoms with van der Waals surface area (Å²) in [6, 6.07) is 13.0. The zero-order valence-corrected chi connectivity index (χ0v) is 14.8. The fourth-order valence-electron chi connectivity index (χ4n) is 2.89. The number of anilines is 1. The summed E-state index contributed by atoms with van der Waals surface area (Å²) in [5.74, 6) is 1.40. The van der Waals surface area contributed by atoms with Gasteiger partial charge in [-0.05, 0) is 30.3 Å². The van der Waals surface area contributed by atoms with Crippen LogP contribution in [0.15, 0.2) is 54.9 Å². The summed E-state index contributed by atoms with van der Waals surface area (Å²) in [7, 11) is 1.64. The first-order valence-corrected chi connectivity index (χ1v) is 8.39. The highest BCUT2D eigenvalue weighted by Gasteiger charge is 2.26. The maximum atomic E-state index is 6.42. The number of methoxy groups -OCH3 is 1. The number of hydrogen-bond acceptors (Lipinski definition) is 4. The summed E-state index contributed by atoms with van der Waals surface area (Å²) in [6.07, 6.45) is 3.53. The summed E-state index contributed by atoms with van der Waals surface area (Å²) >= 11 is 12.8. The maximum Gasteiger partial charge on any atom is 0.226 e. The molecule has 4 rings (SSSR count). The SMILES string of the molecule is COc1cccc(C2=C[C@@H](c3c(Cl)cccc3Cl)n3ncnc3N2)c1. The Balaban J connectivity index is 1.86. The van der Waals surface area contributed by atoms with Crippen molar-refractivity contribution in [3.05, 3.63) is 76.0 Å². The summed E-state index contributed by atoms with van der Waals surface area (Å²) in [5.41, 5.74) is 2.65. The molecule has 5 nitrogen and oxygen atoms in total. The molecule has 126 valence electrons. The summed E-state index contributed by atoms with van der Waals surface area (Å²) in [6.45, 7) is 0. The van der Waals surface area contributed by atoms with Crippen LogP contribution in [-0.2, 0) is 0 Å². The van der Waals surface area contributed by atoms with Crippen molar-refractivity contribution in [2.75, 3.05) is 12.4 Å². The Kier molecular flexibility index (Phi) is 4.11. The van der Waals surface area contributed by atoms with Crippen molar-refractivity contribution in [1.29, 1.82) is 0 Å². The number of rotatable bonds is 3. The lowest BCUT2D eigenvalue weighted by molar-refractivity contribution is 0.414. The molecule has 0 bridgehead atoms. The summed E-state index contributed by atoms with van der Waals surface area (Å²) < 4.78 is 7.08. The topological polar surface area (TPSA) is 52.0 Å². The van der Waals surface area contributed by atoms with Gasteiger partial charge in [0.2, 0.25) is 5.95 Å². The van der Waals surface area contributed by atoms with E-state index in [1.165, 1.54) is 6.33 Å². The van der Waals surface area contributed by atoms with Crippen LogP contribution in [0.1, 0.15) is 17.2 Å². The van der Waals surface area contributed by atoms with Gasteiger partial charge in [-0.25, -0.2) is 4.68 Å². The van der Waals surface area contributed by atoms with Crippen molar-refractivity contribution in [2.24, 2.45) is 0 Å². The number of fused-ring (bicyclic) bond motifs is 1. The Labute approximate surface area is 154 Å². The largest absolute Gasteiger partial charge is 0.497 e. The van der Waals surface area contributed by atoms with Gasteiger partial charge < -0.3 is 10.1 Å². The third-order valence-electron chi connectivity index (χ3n) is 4.08. The van der Waals surface area contributed by atoms with Gasteiger partial charge in [-0.3, -0.25) is 0 Å². The van der Waals surface area contributed by atoms with Crippen molar-refractivity contribution >= 4 is 34.8 Å². The molecule has 0 saturated carbocycles. The van der Waals surface area contributed by atoms with Crippen LogP contribution >= 0.6 is 23.2 Å². The predicted molar refractivity (Wildman–Crippen MR) is 99.2 cm³/mol. The normalized spacial score (nSPS) is 16.0. The minimum Gasteiger partial charge on any atom is -0.497 e. The van der Waals surface area contributed by atoms with E-state index in [0.717, 1.165) is 22.6 Å². The predicted octanol–water partition coefficient (Wildman–Crippen LogP) is 4.65. The van der Waals surface area contributed by atoms with Crippen LogP contribution in [0.4, 0.5) is 5.95 Å². The standard InChI is InChI=1S/C18H14Cl2N4O/c1-25-12-5-2-4-11(8-12)15-9-16(24-18(23-15)21-10-22-24)17-13(19)6-3-7-14(17)20/h2-10,16H,1H3,(H,21,22,23)/t16-/m0/s1. The highest BCUT2D eigenvalue weighted by molar-refractivity contribution is 6.36. The van der Waals surface area contributed by atoms with Crippen molar-refractivity contribution < 1.29 is 4.74 Å². The number of nitrogens with one attached hydrogen (secondary N) is 1. The number of halogens is 2. The van der Waals surface area contributed by atoms with Gasteiger partial charge in [0, 0.05) is 26.9 Å². The van der Waals surface area contributed by atoms with Gasteiger partial charge in [-0.2, -0.15) is 10.1 Å². The van der Waals surface area contributed by atoms with Gasteiger partial charge in [0.1, 0.15) is 18.1 Å². The molecular weight excluding hydrogens is 359 g/mol.